The molecule has 38 heavy (non-hydrogen) atoms. The van der Waals surface area contributed by atoms with Gasteiger partial charge < -0.3 is 19.4 Å². The van der Waals surface area contributed by atoms with E-state index in [1.54, 1.807) is 7.11 Å². The molecular weight excluding hydrogens is 480 g/mol. The van der Waals surface area contributed by atoms with Crippen LogP contribution in [-0.2, 0) is 4.74 Å². The van der Waals surface area contributed by atoms with E-state index in [-0.39, 0.29) is 23.2 Å². The lowest BCUT2D eigenvalue weighted by Crippen LogP contribution is -2.57. The third-order valence-corrected chi connectivity index (χ3v) is 7.68. The molecule has 6 rings (SSSR count). The minimum absolute atomic E-state index is 0.0198. The second-order valence-electron chi connectivity index (χ2n) is 11.9. The first-order valence-electron chi connectivity index (χ1n) is 13.4. The van der Waals surface area contributed by atoms with Crippen molar-refractivity contribution in [2.45, 2.75) is 83.0 Å². The molecular formula is C28H36N8O2. The molecule has 0 bridgehead atoms. The van der Waals surface area contributed by atoms with E-state index in [0.29, 0.717) is 17.1 Å². The fourth-order valence-corrected chi connectivity index (χ4v) is 6.36. The SMILES string of the molecule is COc1cc(-c2cn[nH]c2C2CCCCO2)cnc1-c1cc2ncn(C3CC(C)(C)NC(C)(C)C3)c2nn1. The van der Waals surface area contributed by atoms with Gasteiger partial charge in [0.15, 0.2) is 5.65 Å². The van der Waals surface area contributed by atoms with Gasteiger partial charge in [-0.25, -0.2) is 9.97 Å². The Morgan fingerprint density at radius 1 is 1.03 bits per heavy atom. The maximum Gasteiger partial charge on any atom is 0.182 e. The van der Waals surface area contributed by atoms with E-state index in [1.807, 2.05) is 30.9 Å². The van der Waals surface area contributed by atoms with Gasteiger partial charge in [0, 0.05) is 41.1 Å². The molecule has 0 amide bonds. The number of fused-ring (bicyclic) bond motifs is 1. The lowest BCUT2D eigenvalue weighted by atomic mass is 9.79. The van der Waals surface area contributed by atoms with E-state index < -0.39 is 0 Å². The van der Waals surface area contributed by atoms with Crippen molar-refractivity contribution in [2.24, 2.45) is 0 Å². The van der Waals surface area contributed by atoms with Gasteiger partial charge >= 0.3 is 0 Å². The quantitative estimate of drug-likeness (QED) is 0.380. The second-order valence-corrected chi connectivity index (χ2v) is 11.9. The van der Waals surface area contributed by atoms with Gasteiger partial charge in [0.1, 0.15) is 22.7 Å². The van der Waals surface area contributed by atoms with Crippen molar-refractivity contribution in [2.75, 3.05) is 13.7 Å². The molecule has 2 aliphatic rings. The Balaban J connectivity index is 1.31. The molecule has 10 nitrogen and oxygen atoms in total. The van der Waals surface area contributed by atoms with E-state index in [4.69, 9.17) is 19.4 Å². The Labute approximate surface area is 222 Å². The summed E-state index contributed by atoms with van der Waals surface area (Å²) in [7, 11) is 1.64. The van der Waals surface area contributed by atoms with E-state index in [9.17, 15) is 0 Å². The van der Waals surface area contributed by atoms with E-state index >= 15 is 0 Å². The van der Waals surface area contributed by atoms with E-state index in [0.717, 1.165) is 66.7 Å². The number of nitrogens with zero attached hydrogens (tertiary/aromatic N) is 6. The summed E-state index contributed by atoms with van der Waals surface area (Å²) in [5.74, 6) is 0.620. The molecule has 0 saturated carbocycles. The number of hydrogen-bond donors (Lipinski definition) is 2. The summed E-state index contributed by atoms with van der Waals surface area (Å²) >= 11 is 0. The molecule has 0 radical (unpaired) electrons. The highest BCUT2D eigenvalue weighted by Gasteiger charge is 2.39. The fraction of sp³-hybridized carbons (Fsp3) is 0.536. The number of ether oxygens (including phenoxy) is 2. The molecule has 0 aromatic carbocycles. The molecule has 4 aromatic rings. The smallest absolute Gasteiger partial charge is 0.182 e. The van der Waals surface area contributed by atoms with Crippen molar-refractivity contribution < 1.29 is 9.47 Å². The van der Waals surface area contributed by atoms with Gasteiger partial charge in [-0.3, -0.25) is 5.10 Å². The lowest BCUT2D eigenvalue weighted by Gasteiger charge is -2.46. The van der Waals surface area contributed by atoms with Crippen LogP contribution in [0.2, 0.25) is 0 Å². The minimum atomic E-state index is 0.0198. The van der Waals surface area contributed by atoms with Gasteiger partial charge in [-0.05, 0) is 71.9 Å². The summed E-state index contributed by atoms with van der Waals surface area (Å²) in [5, 5.41) is 20.4. The number of imidazole rings is 1. The van der Waals surface area contributed by atoms with Crippen LogP contribution < -0.4 is 10.1 Å². The van der Waals surface area contributed by atoms with Crippen molar-refractivity contribution in [1.82, 2.24) is 40.2 Å². The van der Waals surface area contributed by atoms with Gasteiger partial charge in [-0.1, -0.05) is 0 Å². The summed E-state index contributed by atoms with van der Waals surface area (Å²) in [6.07, 6.45) is 10.8. The molecule has 1 unspecified atom stereocenters. The highest BCUT2D eigenvalue weighted by Crippen LogP contribution is 2.39. The van der Waals surface area contributed by atoms with E-state index in [2.05, 4.69) is 58.0 Å². The summed E-state index contributed by atoms with van der Waals surface area (Å²) in [5.41, 5.74) is 5.75. The Kier molecular flexibility index (Phi) is 6.19. The summed E-state index contributed by atoms with van der Waals surface area (Å²) in [6, 6.07) is 4.21. The normalized spacial score (nSPS) is 21.6. The monoisotopic (exact) mass is 516 g/mol. The summed E-state index contributed by atoms with van der Waals surface area (Å²) in [6.45, 7) is 9.77. The molecule has 2 aliphatic heterocycles. The van der Waals surface area contributed by atoms with Crippen LogP contribution in [0.15, 0.2) is 30.9 Å². The first-order valence-corrected chi connectivity index (χ1v) is 13.4. The largest absolute Gasteiger partial charge is 0.494 e. The molecule has 0 spiro atoms. The van der Waals surface area contributed by atoms with Gasteiger partial charge in [0.25, 0.3) is 0 Å². The van der Waals surface area contributed by atoms with Crippen LogP contribution >= 0.6 is 0 Å². The molecule has 2 saturated heterocycles. The Bertz CT molecular complexity index is 1430. The third kappa shape index (κ3) is 4.67. The number of hydrogen-bond acceptors (Lipinski definition) is 8. The Morgan fingerprint density at radius 3 is 2.58 bits per heavy atom. The topological polar surface area (TPSA) is 116 Å². The molecule has 200 valence electrons. The van der Waals surface area contributed by atoms with Crippen LogP contribution in [0.25, 0.3) is 33.7 Å². The number of methoxy groups -OCH3 is 1. The highest BCUT2D eigenvalue weighted by atomic mass is 16.5. The minimum Gasteiger partial charge on any atom is -0.494 e. The molecule has 2 N–H and O–H groups in total. The fourth-order valence-electron chi connectivity index (χ4n) is 6.36. The maximum absolute atomic E-state index is 5.99. The Hall–Kier alpha value is -3.37. The van der Waals surface area contributed by atoms with Crippen LogP contribution in [0.3, 0.4) is 0 Å². The van der Waals surface area contributed by atoms with Gasteiger partial charge in [0.2, 0.25) is 0 Å². The molecule has 2 fully saturated rings. The number of H-pyrrole nitrogens is 1. The van der Waals surface area contributed by atoms with Crippen molar-refractivity contribution in [3.8, 4) is 28.3 Å². The summed E-state index contributed by atoms with van der Waals surface area (Å²) in [4.78, 5) is 9.45. The average molecular weight is 517 g/mol. The van der Waals surface area contributed by atoms with Crippen LogP contribution in [0.4, 0.5) is 0 Å². The molecule has 6 heterocycles. The number of aromatic amines is 1. The van der Waals surface area contributed by atoms with Crippen LogP contribution in [0, 0.1) is 0 Å². The van der Waals surface area contributed by atoms with E-state index in [1.165, 1.54) is 0 Å². The van der Waals surface area contributed by atoms with Gasteiger partial charge in [0.05, 0.1) is 31.4 Å². The zero-order valence-electron chi connectivity index (χ0n) is 22.8. The zero-order chi connectivity index (χ0) is 26.5. The van der Waals surface area contributed by atoms with Gasteiger partial charge in [-0.15, -0.1) is 10.2 Å². The molecule has 10 heteroatoms. The third-order valence-electron chi connectivity index (χ3n) is 7.68. The number of rotatable bonds is 5. The number of pyridine rings is 1. The molecule has 0 aliphatic carbocycles. The first-order chi connectivity index (χ1) is 18.2. The summed E-state index contributed by atoms with van der Waals surface area (Å²) < 4.78 is 13.9. The average Bonchev–Trinajstić information content (AvgIpc) is 3.54. The second kappa shape index (κ2) is 9.43. The van der Waals surface area contributed by atoms with Crippen molar-refractivity contribution in [1.29, 1.82) is 0 Å². The molecule has 4 aromatic heterocycles. The van der Waals surface area contributed by atoms with Crippen molar-refractivity contribution in [3.63, 3.8) is 0 Å². The van der Waals surface area contributed by atoms with Crippen molar-refractivity contribution in [3.05, 3.63) is 36.5 Å². The zero-order valence-corrected chi connectivity index (χ0v) is 22.8. The lowest BCUT2D eigenvalue weighted by molar-refractivity contribution is 0.0126. The van der Waals surface area contributed by atoms with Crippen molar-refractivity contribution >= 4 is 11.2 Å². The standard InChI is InChI=1S/C28H36N8O2/c1-27(2)12-18(13-28(3,4)35-27)36-16-30-21-11-20(32-34-26(21)36)25-23(37-5)10-17(14-29-25)19-15-31-33-24(19)22-8-6-7-9-38-22/h10-11,14-16,18,22,35H,6-9,12-13H2,1-5H3,(H,31,33). The number of nitrogens with one attached hydrogen (secondary N) is 2. The molecule has 1 atom stereocenters. The maximum atomic E-state index is 5.99. The Morgan fingerprint density at radius 2 is 1.84 bits per heavy atom. The predicted molar refractivity (Wildman–Crippen MR) is 145 cm³/mol. The van der Waals surface area contributed by atoms with Crippen LogP contribution in [0.1, 0.15) is 77.6 Å². The van der Waals surface area contributed by atoms with Gasteiger partial charge in [-0.2, -0.15) is 5.10 Å². The number of aromatic nitrogens is 7. The highest BCUT2D eigenvalue weighted by molar-refractivity contribution is 5.78. The predicted octanol–water partition coefficient (Wildman–Crippen LogP) is 5.01. The van der Waals surface area contributed by atoms with Crippen LogP contribution in [-0.4, -0.2) is 59.7 Å². The number of piperidine rings is 1. The van der Waals surface area contributed by atoms with Crippen LogP contribution in [0.5, 0.6) is 5.75 Å². The first kappa shape index (κ1) is 24.9.